The highest BCUT2D eigenvalue weighted by Crippen LogP contribution is 2.45. The van der Waals surface area contributed by atoms with Gasteiger partial charge in [0.05, 0.1) is 12.7 Å². The minimum Gasteiger partial charge on any atom is -0.483 e. The third-order valence-corrected chi connectivity index (χ3v) is 8.56. The molecule has 4 rings (SSSR count). The van der Waals surface area contributed by atoms with Crippen LogP contribution < -0.4 is 14.4 Å². The Morgan fingerprint density at radius 1 is 1.18 bits per heavy atom. The molecule has 3 heterocycles. The van der Waals surface area contributed by atoms with E-state index in [4.69, 9.17) is 19.4 Å². The van der Waals surface area contributed by atoms with Crippen LogP contribution >= 0.6 is 0 Å². The molecule has 45 heavy (non-hydrogen) atoms. The molecular formula is C32H50FN7O5. The first-order valence-corrected chi connectivity index (χ1v) is 15.7. The summed E-state index contributed by atoms with van der Waals surface area (Å²) in [5.74, 6) is 0.678. The van der Waals surface area contributed by atoms with Crippen molar-refractivity contribution < 1.29 is 28.6 Å². The number of amides is 1. The van der Waals surface area contributed by atoms with Crippen molar-refractivity contribution in [3.05, 3.63) is 29.6 Å². The quantitative estimate of drug-likeness (QED) is 0.319. The number of rotatable bonds is 13. The molecule has 12 nitrogen and oxygen atoms in total. The summed E-state index contributed by atoms with van der Waals surface area (Å²) < 4.78 is 25.8. The zero-order valence-corrected chi connectivity index (χ0v) is 28.0. The van der Waals surface area contributed by atoms with Gasteiger partial charge in [0, 0.05) is 50.2 Å². The molecule has 13 heteroatoms. The Balaban J connectivity index is 0.00000177. The smallest absolute Gasteiger partial charge is 0.337 e. The van der Waals surface area contributed by atoms with Gasteiger partial charge in [-0.1, -0.05) is 18.9 Å². The van der Waals surface area contributed by atoms with Gasteiger partial charge in [0.1, 0.15) is 11.6 Å². The van der Waals surface area contributed by atoms with Crippen molar-refractivity contribution in [2.24, 2.45) is 11.3 Å². The zero-order valence-electron chi connectivity index (χ0n) is 28.0. The molecule has 1 spiro atoms. The van der Waals surface area contributed by atoms with Crippen LogP contribution in [0.1, 0.15) is 64.2 Å². The number of hydrogen-bond donors (Lipinski definition) is 1. The topological polar surface area (TPSA) is 124 Å². The first kappa shape index (κ1) is 35.9. The Morgan fingerprint density at radius 2 is 1.87 bits per heavy atom. The molecule has 2 saturated heterocycles. The third kappa shape index (κ3) is 9.00. The Hall–Kier alpha value is -3.58. The number of carbonyl (C=O) groups is 2. The van der Waals surface area contributed by atoms with Crippen molar-refractivity contribution >= 4 is 18.2 Å². The summed E-state index contributed by atoms with van der Waals surface area (Å²) in [5.41, 5.74) is 0.315. The average molecular weight is 632 g/mol. The highest BCUT2D eigenvalue weighted by atomic mass is 19.1. The van der Waals surface area contributed by atoms with Crippen LogP contribution in [0.2, 0.25) is 0 Å². The largest absolute Gasteiger partial charge is 0.483 e. The molecule has 2 aliphatic heterocycles. The Labute approximate surface area is 266 Å². The lowest BCUT2D eigenvalue weighted by atomic mass is 9.76. The Kier molecular flexibility index (Phi) is 12.9. The predicted molar refractivity (Wildman–Crippen MR) is 171 cm³/mol. The standard InChI is InChI=1S/C31H48FN7O3.CH2O2/c1-9-39(22(4)5)29(40)24-17-23(32)12-13-26(24)42-28-27(33-30(41-8)35-34-28)37-16-14-31(18-37)19-38(20-31)25(21(2)3)11-10-15-36(6)7;2-1-3/h12-13,17,21-22,25H,9-11,14-16,18-20H2,1-8H3;1H,(H,2,3)/t25-;/m1./s1. The number of ether oxygens (including phenoxy) is 2. The van der Waals surface area contributed by atoms with Gasteiger partial charge in [-0.15, -0.1) is 5.10 Å². The van der Waals surface area contributed by atoms with Gasteiger partial charge in [0.25, 0.3) is 18.3 Å². The fraction of sp³-hybridized carbons (Fsp3) is 0.656. The lowest BCUT2D eigenvalue weighted by molar-refractivity contribution is -0.122. The van der Waals surface area contributed by atoms with E-state index in [-0.39, 0.29) is 47.0 Å². The zero-order chi connectivity index (χ0) is 33.3. The summed E-state index contributed by atoms with van der Waals surface area (Å²) in [6, 6.07) is 4.62. The normalized spacial score (nSPS) is 16.4. The maximum atomic E-state index is 14.3. The predicted octanol–water partition coefficient (Wildman–Crippen LogP) is 4.26. The van der Waals surface area contributed by atoms with Crippen molar-refractivity contribution in [1.29, 1.82) is 0 Å². The minimum atomic E-state index is -0.512. The monoisotopic (exact) mass is 631 g/mol. The number of aromatic nitrogens is 3. The van der Waals surface area contributed by atoms with Crippen molar-refractivity contribution in [1.82, 2.24) is 29.9 Å². The van der Waals surface area contributed by atoms with Gasteiger partial charge >= 0.3 is 6.01 Å². The molecule has 2 aliphatic rings. The van der Waals surface area contributed by atoms with E-state index in [1.54, 1.807) is 4.90 Å². The number of carboxylic acid groups (broad SMARTS) is 1. The van der Waals surface area contributed by atoms with Crippen LogP contribution in [0.3, 0.4) is 0 Å². The fourth-order valence-electron chi connectivity index (χ4n) is 6.39. The number of halogens is 1. The molecule has 1 aromatic carbocycles. The van der Waals surface area contributed by atoms with Crippen molar-refractivity contribution in [3.8, 4) is 17.6 Å². The van der Waals surface area contributed by atoms with Crippen LogP contribution in [-0.2, 0) is 4.79 Å². The molecule has 0 unspecified atom stereocenters. The van der Waals surface area contributed by atoms with Crippen molar-refractivity contribution in [2.45, 2.75) is 66.0 Å². The van der Waals surface area contributed by atoms with Crippen LogP contribution in [0.25, 0.3) is 0 Å². The SMILES string of the molecule is CCN(C(=O)c1cc(F)ccc1Oc1nnc(OC)nc1N1CCC2(C1)CN([C@H](CCCN(C)C)C(C)C)C2)C(C)C.O=CO. The highest BCUT2D eigenvalue weighted by molar-refractivity contribution is 5.97. The van der Waals surface area contributed by atoms with E-state index in [1.807, 2.05) is 20.8 Å². The highest BCUT2D eigenvalue weighted by Gasteiger charge is 2.50. The van der Waals surface area contributed by atoms with E-state index in [0.717, 1.165) is 39.1 Å². The number of anilines is 1. The molecule has 250 valence electrons. The van der Waals surface area contributed by atoms with Crippen LogP contribution in [0.15, 0.2) is 18.2 Å². The molecule has 0 bridgehead atoms. The molecule has 0 aliphatic carbocycles. The molecule has 1 amide bonds. The molecule has 0 saturated carbocycles. The number of methoxy groups -OCH3 is 1. The number of likely N-dealkylation sites (tertiary alicyclic amines) is 1. The van der Waals surface area contributed by atoms with Crippen LogP contribution in [0.4, 0.5) is 10.2 Å². The molecule has 2 fully saturated rings. The Bertz CT molecular complexity index is 1270. The molecular weight excluding hydrogens is 581 g/mol. The maximum Gasteiger partial charge on any atom is 0.337 e. The lowest BCUT2D eigenvalue weighted by Gasteiger charge is -2.53. The second kappa shape index (κ2) is 16.1. The molecule has 1 aromatic heterocycles. The number of benzene rings is 1. The number of carbonyl (C=O) groups excluding carboxylic acids is 1. The molecule has 1 atom stereocenters. The van der Waals surface area contributed by atoms with Crippen molar-refractivity contribution in [2.75, 3.05) is 65.4 Å². The van der Waals surface area contributed by atoms with Gasteiger partial charge in [-0.25, -0.2) is 4.39 Å². The summed E-state index contributed by atoms with van der Waals surface area (Å²) in [7, 11) is 5.76. The van der Waals surface area contributed by atoms with Gasteiger partial charge in [0.15, 0.2) is 5.82 Å². The van der Waals surface area contributed by atoms with Crippen molar-refractivity contribution in [3.63, 3.8) is 0 Å². The first-order chi connectivity index (χ1) is 21.4. The van der Waals surface area contributed by atoms with Gasteiger partial charge in [-0.3, -0.25) is 14.5 Å². The average Bonchev–Trinajstić information content (AvgIpc) is 3.42. The Morgan fingerprint density at radius 3 is 2.44 bits per heavy atom. The van der Waals surface area contributed by atoms with Gasteiger partial charge in [0.2, 0.25) is 0 Å². The molecule has 2 aromatic rings. The second-order valence-electron chi connectivity index (χ2n) is 12.8. The van der Waals surface area contributed by atoms with E-state index in [1.165, 1.54) is 38.2 Å². The van der Waals surface area contributed by atoms with Crippen LogP contribution in [-0.4, -0.2) is 120 Å². The third-order valence-electron chi connectivity index (χ3n) is 8.56. The summed E-state index contributed by atoms with van der Waals surface area (Å²) in [5, 5.41) is 15.2. The second-order valence-corrected chi connectivity index (χ2v) is 12.8. The maximum absolute atomic E-state index is 14.3. The van der Waals surface area contributed by atoms with E-state index in [0.29, 0.717) is 24.3 Å². The minimum absolute atomic E-state index is 0.0530. The molecule has 1 N–H and O–H groups in total. The van der Waals surface area contributed by atoms with E-state index in [9.17, 15) is 9.18 Å². The lowest BCUT2D eigenvalue weighted by Crippen LogP contribution is -2.62. The first-order valence-electron chi connectivity index (χ1n) is 15.7. The number of hydrogen-bond acceptors (Lipinski definition) is 10. The fourth-order valence-corrected chi connectivity index (χ4v) is 6.39. The summed E-state index contributed by atoms with van der Waals surface area (Å²) in [6.07, 6.45) is 3.43. The van der Waals surface area contributed by atoms with Gasteiger partial charge in [-0.2, -0.15) is 4.98 Å². The van der Waals surface area contributed by atoms with Gasteiger partial charge < -0.3 is 29.3 Å². The summed E-state index contributed by atoms with van der Waals surface area (Å²) in [4.78, 5) is 35.1. The number of nitrogens with zero attached hydrogens (tertiary/aromatic N) is 7. The van der Waals surface area contributed by atoms with E-state index in [2.05, 4.69) is 57.8 Å². The van der Waals surface area contributed by atoms with E-state index >= 15 is 0 Å². The van der Waals surface area contributed by atoms with E-state index < -0.39 is 5.82 Å². The molecule has 0 radical (unpaired) electrons. The summed E-state index contributed by atoms with van der Waals surface area (Å²) >= 11 is 0. The van der Waals surface area contributed by atoms with Gasteiger partial charge in [-0.05, 0) is 84.8 Å². The van der Waals surface area contributed by atoms with Crippen LogP contribution in [0.5, 0.6) is 17.6 Å². The van der Waals surface area contributed by atoms with Crippen LogP contribution in [0, 0.1) is 17.2 Å². The summed E-state index contributed by atoms with van der Waals surface area (Å²) in [6.45, 7) is 15.5.